The third kappa shape index (κ3) is 6.13. The van der Waals surface area contributed by atoms with Gasteiger partial charge in [-0.2, -0.15) is 0 Å². The minimum absolute atomic E-state index is 0.133. The van der Waals surface area contributed by atoms with Gasteiger partial charge in [0.25, 0.3) is 0 Å². The molecule has 0 aromatic heterocycles. The molecule has 0 bridgehead atoms. The van der Waals surface area contributed by atoms with Crippen molar-refractivity contribution in [2.75, 3.05) is 33.9 Å². The minimum atomic E-state index is -0.291. The van der Waals surface area contributed by atoms with Gasteiger partial charge in [-0.1, -0.05) is 64.1 Å². The SMILES string of the molecule is CCOC(=O)c1ccc(-c2ccc(OCCCN(C)C)c(-c3ccc4c(c3)C(C)(C)CCC4(C)C)c2)cc1. The molecule has 1 aliphatic carbocycles. The number of rotatable bonds is 9. The molecule has 1 aliphatic rings. The molecule has 0 saturated carbocycles. The van der Waals surface area contributed by atoms with Crippen molar-refractivity contribution in [1.29, 1.82) is 0 Å². The lowest BCUT2D eigenvalue weighted by atomic mass is 9.63. The normalized spacial score (nSPS) is 15.7. The molecule has 0 spiro atoms. The summed E-state index contributed by atoms with van der Waals surface area (Å²) in [5.74, 6) is 0.615. The second-order valence-corrected chi connectivity index (χ2v) is 12.0. The van der Waals surface area contributed by atoms with Gasteiger partial charge in [-0.25, -0.2) is 4.79 Å². The predicted molar refractivity (Wildman–Crippen MR) is 157 cm³/mol. The van der Waals surface area contributed by atoms with E-state index in [0.29, 0.717) is 18.8 Å². The zero-order valence-electron chi connectivity index (χ0n) is 24.2. The number of nitrogens with zero attached hydrogens (tertiary/aromatic N) is 1. The second kappa shape index (κ2) is 11.3. The van der Waals surface area contributed by atoms with Crippen LogP contribution in [-0.4, -0.2) is 44.7 Å². The molecule has 0 saturated heterocycles. The Morgan fingerprint density at radius 3 is 2.11 bits per heavy atom. The van der Waals surface area contributed by atoms with Gasteiger partial charge in [-0.15, -0.1) is 0 Å². The summed E-state index contributed by atoms with van der Waals surface area (Å²) in [6.07, 6.45) is 3.34. The van der Waals surface area contributed by atoms with Gasteiger partial charge >= 0.3 is 5.97 Å². The van der Waals surface area contributed by atoms with E-state index in [9.17, 15) is 4.79 Å². The van der Waals surface area contributed by atoms with Crippen molar-refractivity contribution in [3.63, 3.8) is 0 Å². The van der Waals surface area contributed by atoms with Gasteiger partial charge in [-0.3, -0.25) is 0 Å². The summed E-state index contributed by atoms with van der Waals surface area (Å²) in [5.41, 5.74) is 8.20. The van der Waals surface area contributed by atoms with Gasteiger partial charge < -0.3 is 14.4 Å². The molecule has 0 fully saturated rings. The first-order chi connectivity index (χ1) is 18.0. The molecule has 0 amide bonds. The highest BCUT2D eigenvalue weighted by atomic mass is 16.5. The lowest BCUT2D eigenvalue weighted by molar-refractivity contribution is 0.0526. The number of carbonyl (C=O) groups excluding carboxylic acids is 1. The van der Waals surface area contributed by atoms with Gasteiger partial charge in [-0.05, 0) is 103 Å². The van der Waals surface area contributed by atoms with Gasteiger partial charge in [0.1, 0.15) is 5.75 Å². The molecule has 0 heterocycles. The number of fused-ring (bicyclic) bond motifs is 1. The van der Waals surface area contributed by atoms with Crippen LogP contribution in [0.1, 0.15) is 75.4 Å². The summed E-state index contributed by atoms with van der Waals surface area (Å²) in [4.78, 5) is 14.3. The van der Waals surface area contributed by atoms with Crippen molar-refractivity contribution >= 4 is 5.97 Å². The molecule has 38 heavy (non-hydrogen) atoms. The summed E-state index contributed by atoms with van der Waals surface area (Å²) in [7, 11) is 4.17. The fourth-order valence-corrected chi connectivity index (χ4v) is 5.39. The Morgan fingerprint density at radius 2 is 1.45 bits per heavy atom. The maximum atomic E-state index is 12.1. The first-order valence-electron chi connectivity index (χ1n) is 13.9. The maximum Gasteiger partial charge on any atom is 0.338 e. The van der Waals surface area contributed by atoms with Crippen LogP contribution in [0.4, 0.5) is 0 Å². The van der Waals surface area contributed by atoms with Gasteiger partial charge in [0.2, 0.25) is 0 Å². The first-order valence-corrected chi connectivity index (χ1v) is 13.9. The van der Waals surface area contributed by atoms with Crippen LogP contribution < -0.4 is 4.74 Å². The van der Waals surface area contributed by atoms with Crippen LogP contribution in [0.5, 0.6) is 5.75 Å². The predicted octanol–water partition coefficient (Wildman–Crippen LogP) is 7.88. The Morgan fingerprint density at radius 1 is 0.816 bits per heavy atom. The Kier molecular flexibility index (Phi) is 8.32. The van der Waals surface area contributed by atoms with Crippen LogP contribution in [0.3, 0.4) is 0 Å². The summed E-state index contributed by atoms with van der Waals surface area (Å²) in [6.45, 7) is 13.3. The van der Waals surface area contributed by atoms with Gasteiger partial charge in [0.05, 0.1) is 18.8 Å². The van der Waals surface area contributed by atoms with Crippen molar-refractivity contribution < 1.29 is 14.3 Å². The van der Waals surface area contributed by atoms with E-state index >= 15 is 0 Å². The zero-order valence-corrected chi connectivity index (χ0v) is 24.2. The second-order valence-electron chi connectivity index (χ2n) is 12.0. The Balaban J connectivity index is 1.74. The Bertz CT molecular complexity index is 1270. The molecule has 0 N–H and O–H groups in total. The molecular formula is C34H43NO3. The van der Waals surface area contributed by atoms with Gasteiger partial charge in [0.15, 0.2) is 0 Å². The molecule has 4 nitrogen and oxygen atoms in total. The molecule has 0 radical (unpaired) electrons. The van der Waals surface area contributed by atoms with E-state index < -0.39 is 0 Å². The van der Waals surface area contributed by atoms with Crippen molar-refractivity contribution in [3.8, 4) is 28.0 Å². The fourth-order valence-electron chi connectivity index (χ4n) is 5.39. The summed E-state index contributed by atoms with van der Waals surface area (Å²) >= 11 is 0. The molecular weight excluding hydrogens is 470 g/mol. The fraction of sp³-hybridized carbons (Fsp3) is 0.441. The molecule has 3 aromatic carbocycles. The number of ether oxygens (including phenoxy) is 2. The van der Waals surface area contributed by atoms with E-state index in [4.69, 9.17) is 9.47 Å². The summed E-state index contributed by atoms with van der Waals surface area (Å²) in [5, 5.41) is 0. The number of benzene rings is 3. The standard InChI is InChI=1S/C34H43NO3/c1-8-37-32(36)25-12-10-24(11-13-25)26-15-17-31(38-21-9-20-35(6)7)28(22-26)27-14-16-29-30(23-27)34(4,5)19-18-33(29,2)3/h10-17,22-23H,8-9,18-21H2,1-7H3. The highest BCUT2D eigenvalue weighted by Gasteiger charge is 2.37. The van der Waals surface area contributed by atoms with Crippen molar-refractivity contribution in [2.45, 2.75) is 64.7 Å². The average molecular weight is 514 g/mol. The molecule has 3 aromatic rings. The monoisotopic (exact) mass is 513 g/mol. The van der Waals surface area contributed by atoms with Crippen molar-refractivity contribution in [3.05, 3.63) is 77.4 Å². The minimum Gasteiger partial charge on any atom is -0.493 e. The third-order valence-corrected chi connectivity index (χ3v) is 7.88. The largest absolute Gasteiger partial charge is 0.493 e. The van der Waals surface area contributed by atoms with E-state index in [-0.39, 0.29) is 16.8 Å². The average Bonchev–Trinajstić information content (AvgIpc) is 2.89. The summed E-state index contributed by atoms with van der Waals surface area (Å²) < 4.78 is 11.5. The number of hydrogen-bond acceptors (Lipinski definition) is 4. The summed E-state index contributed by atoms with van der Waals surface area (Å²) in [6, 6.07) is 21.1. The highest BCUT2D eigenvalue weighted by molar-refractivity contribution is 5.90. The quantitative estimate of drug-likeness (QED) is 0.215. The van der Waals surface area contributed by atoms with E-state index in [2.05, 4.69) is 83.1 Å². The lowest BCUT2D eigenvalue weighted by Crippen LogP contribution is -2.33. The molecule has 0 atom stereocenters. The molecule has 4 rings (SSSR count). The third-order valence-electron chi connectivity index (χ3n) is 7.88. The number of carbonyl (C=O) groups is 1. The number of esters is 1. The van der Waals surface area contributed by atoms with Crippen LogP contribution in [0.2, 0.25) is 0 Å². The maximum absolute atomic E-state index is 12.1. The number of hydrogen-bond donors (Lipinski definition) is 0. The Labute approximate surface area is 229 Å². The molecule has 202 valence electrons. The molecule has 4 heteroatoms. The lowest BCUT2D eigenvalue weighted by Gasteiger charge is -2.42. The smallest absolute Gasteiger partial charge is 0.338 e. The van der Waals surface area contributed by atoms with Crippen LogP contribution >= 0.6 is 0 Å². The topological polar surface area (TPSA) is 38.8 Å². The van der Waals surface area contributed by atoms with E-state index in [1.54, 1.807) is 0 Å². The van der Waals surface area contributed by atoms with E-state index in [0.717, 1.165) is 35.4 Å². The van der Waals surface area contributed by atoms with Gasteiger partial charge in [0, 0.05) is 12.1 Å². The molecule has 0 unspecified atom stereocenters. The zero-order chi connectivity index (χ0) is 27.5. The van der Waals surface area contributed by atoms with Crippen molar-refractivity contribution in [2.24, 2.45) is 0 Å². The Hall–Kier alpha value is -3.11. The first kappa shape index (κ1) is 27.9. The van der Waals surface area contributed by atoms with Crippen LogP contribution in [0, 0.1) is 0 Å². The van der Waals surface area contributed by atoms with Crippen molar-refractivity contribution in [1.82, 2.24) is 4.90 Å². The van der Waals surface area contributed by atoms with Crippen LogP contribution in [0.25, 0.3) is 22.3 Å². The van der Waals surface area contributed by atoms with E-state index in [1.807, 2.05) is 31.2 Å². The van der Waals surface area contributed by atoms with Crippen LogP contribution in [0.15, 0.2) is 60.7 Å². The molecule has 0 aliphatic heterocycles. The highest BCUT2D eigenvalue weighted by Crippen LogP contribution is 2.47. The van der Waals surface area contributed by atoms with E-state index in [1.165, 1.54) is 29.5 Å². The van der Waals surface area contributed by atoms with Crippen LogP contribution in [-0.2, 0) is 15.6 Å².